The van der Waals surface area contributed by atoms with Gasteiger partial charge in [0.15, 0.2) is 0 Å². The minimum absolute atomic E-state index is 0.838. The van der Waals surface area contributed by atoms with E-state index in [0.29, 0.717) is 0 Å². The maximum Gasteiger partial charge on any atom is -0.00169 e. The third-order valence-electron chi connectivity index (χ3n) is 3.97. The molecule has 1 heterocycles. The van der Waals surface area contributed by atoms with E-state index >= 15 is 0 Å². The van der Waals surface area contributed by atoms with Crippen molar-refractivity contribution >= 4 is 5.57 Å². The van der Waals surface area contributed by atoms with E-state index in [1.54, 1.807) is 0 Å². The van der Waals surface area contributed by atoms with Gasteiger partial charge in [0.25, 0.3) is 0 Å². The molecule has 1 fully saturated rings. The Morgan fingerprint density at radius 2 is 2.00 bits per heavy atom. The average Bonchev–Trinajstić information content (AvgIpc) is 2.94. The monoisotopic (exact) mass is 239 g/mol. The van der Waals surface area contributed by atoms with E-state index in [0.717, 1.165) is 5.92 Å². The van der Waals surface area contributed by atoms with E-state index in [9.17, 15) is 0 Å². The molecule has 1 heteroatoms. The summed E-state index contributed by atoms with van der Waals surface area (Å²) in [7, 11) is 0. The molecule has 94 valence electrons. The van der Waals surface area contributed by atoms with Crippen LogP contribution in [0.15, 0.2) is 42.5 Å². The Labute approximate surface area is 110 Å². The smallest absolute Gasteiger partial charge is 0.00169 e. The van der Waals surface area contributed by atoms with Gasteiger partial charge in [0, 0.05) is 0 Å². The number of hydrogen-bond donors (Lipinski definition) is 1. The summed E-state index contributed by atoms with van der Waals surface area (Å²) < 4.78 is 0. The summed E-state index contributed by atoms with van der Waals surface area (Å²) in [6.45, 7) is 2.38. The summed E-state index contributed by atoms with van der Waals surface area (Å²) in [5.74, 6) is 0.838. The van der Waals surface area contributed by atoms with Crippen molar-refractivity contribution in [2.24, 2.45) is 5.92 Å². The first-order chi connectivity index (χ1) is 8.92. The van der Waals surface area contributed by atoms with Crippen LogP contribution in [0.4, 0.5) is 0 Å². The van der Waals surface area contributed by atoms with Crippen molar-refractivity contribution in [3.8, 4) is 0 Å². The Morgan fingerprint density at radius 1 is 1.11 bits per heavy atom. The van der Waals surface area contributed by atoms with Crippen molar-refractivity contribution in [1.29, 1.82) is 0 Å². The van der Waals surface area contributed by atoms with Gasteiger partial charge in [-0.05, 0) is 61.4 Å². The number of rotatable bonds is 3. The zero-order valence-electron chi connectivity index (χ0n) is 10.9. The van der Waals surface area contributed by atoms with Crippen molar-refractivity contribution in [2.75, 3.05) is 13.1 Å². The van der Waals surface area contributed by atoms with Gasteiger partial charge in [-0.15, -0.1) is 0 Å². The van der Waals surface area contributed by atoms with Gasteiger partial charge in [-0.3, -0.25) is 0 Å². The fourth-order valence-electron chi connectivity index (χ4n) is 2.88. The van der Waals surface area contributed by atoms with Crippen LogP contribution < -0.4 is 5.32 Å². The van der Waals surface area contributed by atoms with Crippen LogP contribution in [0.2, 0.25) is 0 Å². The number of benzene rings is 1. The maximum absolute atomic E-state index is 3.44. The summed E-state index contributed by atoms with van der Waals surface area (Å²) in [5, 5.41) is 3.44. The molecule has 0 bridgehead atoms. The molecule has 1 aliphatic heterocycles. The molecule has 0 aromatic heterocycles. The third-order valence-corrected chi connectivity index (χ3v) is 3.97. The van der Waals surface area contributed by atoms with E-state index in [1.165, 1.54) is 55.5 Å². The van der Waals surface area contributed by atoms with Gasteiger partial charge in [-0.25, -0.2) is 0 Å². The highest BCUT2D eigenvalue weighted by atomic mass is 14.9. The molecule has 18 heavy (non-hydrogen) atoms. The lowest BCUT2D eigenvalue weighted by Gasteiger charge is -2.10. The molecule has 1 aliphatic carbocycles. The molecule has 0 amide bonds. The molecule has 1 saturated heterocycles. The molecule has 1 aromatic carbocycles. The fourth-order valence-corrected chi connectivity index (χ4v) is 2.88. The molecule has 1 N–H and O–H groups in total. The van der Waals surface area contributed by atoms with Gasteiger partial charge in [0.2, 0.25) is 0 Å². The van der Waals surface area contributed by atoms with Gasteiger partial charge in [0.05, 0.1) is 0 Å². The average molecular weight is 239 g/mol. The van der Waals surface area contributed by atoms with Gasteiger partial charge >= 0.3 is 0 Å². The summed E-state index contributed by atoms with van der Waals surface area (Å²) in [5.41, 5.74) is 4.22. The molecule has 0 radical (unpaired) electrons. The van der Waals surface area contributed by atoms with E-state index in [2.05, 4.69) is 47.8 Å². The van der Waals surface area contributed by atoms with Crippen molar-refractivity contribution in [1.82, 2.24) is 5.32 Å². The lowest BCUT2D eigenvalue weighted by molar-refractivity contribution is 0.580. The van der Waals surface area contributed by atoms with E-state index in [-0.39, 0.29) is 0 Å². The second-order valence-corrected chi connectivity index (χ2v) is 5.40. The van der Waals surface area contributed by atoms with E-state index in [1.807, 2.05) is 0 Å². The van der Waals surface area contributed by atoms with Crippen molar-refractivity contribution in [3.05, 3.63) is 53.6 Å². The molecule has 1 atom stereocenters. The first kappa shape index (κ1) is 11.7. The predicted octanol–water partition coefficient (Wildman–Crippen LogP) is 3.57. The molecule has 0 spiro atoms. The lowest BCUT2D eigenvalue weighted by atomic mass is 9.95. The highest BCUT2D eigenvalue weighted by molar-refractivity contribution is 5.74. The number of hydrogen-bond acceptors (Lipinski definition) is 1. The Hall–Kier alpha value is -1.34. The Kier molecular flexibility index (Phi) is 3.61. The van der Waals surface area contributed by atoms with Crippen molar-refractivity contribution in [2.45, 2.75) is 25.7 Å². The van der Waals surface area contributed by atoms with Crippen LogP contribution in [0.5, 0.6) is 0 Å². The van der Waals surface area contributed by atoms with Crippen LogP contribution in [0.1, 0.15) is 30.4 Å². The summed E-state index contributed by atoms with van der Waals surface area (Å²) in [6, 6.07) is 9.16. The molecular weight excluding hydrogens is 218 g/mol. The summed E-state index contributed by atoms with van der Waals surface area (Å²) in [4.78, 5) is 0. The van der Waals surface area contributed by atoms with Crippen molar-refractivity contribution < 1.29 is 0 Å². The Bertz CT molecular complexity index is 447. The predicted molar refractivity (Wildman–Crippen MR) is 77.5 cm³/mol. The molecule has 2 aliphatic rings. The summed E-state index contributed by atoms with van der Waals surface area (Å²) >= 11 is 0. The largest absolute Gasteiger partial charge is 0.316 e. The first-order valence-corrected chi connectivity index (χ1v) is 7.08. The van der Waals surface area contributed by atoms with Gasteiger partial charge in [0.1, 0.15) is 0 Å². The molecule has 3 rings (SSSR count). The molecule has 0 saturated carbocycles. The third kappa shape index (κ3) is 2.73. The van der Waals surface area contributed by atoms with Gasteiger partial charge in [-0.2, -0.15) is 0 Å². The second-order valence-electron chi connectivity index (χ2n) is 5.40. The van der Waals surface area contributed by atoms with Gasteiger partial charge in [-0.1, -0.05) is 42.5 Å². The number of nitrogens with one attached hydrogen (secondary N) is 1. The van der Waals surface area contributed by atoms with E-state index < -0.39 is 0 Å². The van der Waals surface area contributed by atoms with Crippen LogP contribution in [0.25, 0.3) is 5.57 Å². The first-order valence-electron chi connectivity index (χ1n) is 7.08. The molecular formula is C17H21N. The van der Waals surface area contributed by atoms with Crippen LogP contribution >= 0.6 is 0 Å². The number of allylic oxidation sites excluding steroid dienone is 4. The zero-order valence-corrected chi connectivity index (χ0v) is 10.9. The molecule has 1 unspecified atom stereocenters. The van der Waals surface area contributed by atoms with Crippen LogP contribution in [0, 0.1) is 5.92 Å². The SMILES string of the molecule is C1=CC(c2ccc(CC3CCNC3)cc2)=CCC1. The van der Waals surface area contributed by atoms with Crippen LogP contribution in [0.3, 0.4) is 0 Å². The Balaban J connectivity index is 1.68. The highest BCUT2D eigenvalue weighted by Crippen LogP contribution is 2.23. The van der Waals surface area contributed by atoms with E-state index in [4.69, 9.17) is 0 Å². The Morgan fingerprint density at radius 3 is 2.67 bits per heavy atom. The summed E-state index contributed by atoms with van der Waals surface area (Å²) in [6.07, 6.45) is 11.8. The lowest BCUT2D eigenvalue weighted by Crippen LogP contribution is -2.10. The zero-order chi connectivity index (χ0) is 12.2. The van der Waals surface area contributed by atoms with Crippen LogP contribution in [-0.4, -0.2) is 13.1 Å². The quantitative estimate of drug-likeness (QED) is 0.850. The fraction of sp³-hybridized carbons (Fsp3) is 0.412. The van der Waals surface area contributed by atoms with Crippen LogP contribution in [-0.2, 0) is 6.42 Å². The standard InChI is InChI=1S/C17H21N/c1-2-4-16(5-3-1)17-8-6-14(7-9-17)12-15-10-11-18-13-15/h2,4-9,15,18H,1,3,10-13H2. The minimum atomic E-state index is 0.838. The van der Waals surface area contributed by atoms with Gasteiger partial charge < -0.3 is 5.32 Å². The maximum atomic E-state index is 3.44. The van der Waals surface area contributed by atoms with Crippen molar-refractivity contribution in [3.63, 3.8) is 0 Å². The second kappa shape index (κ2) is 5.53. The minimum Gasteiger partial charge on any atom is -0.316 e. The highest BCUT2D eigenvalue weighted by Gasteiger charge is 2.14. The molecule has 1 aromatic rings. The normalized spacial score (nSPS) is 23.1. The molecule has 1 nitrogen and oxygen atoms in total. The topological polar surface area (TPSA) is 12.0 Å².